The van der Waals surface area contributed by atoms with Crippen molar-refractivity contribution in [1.29, 1.82) is 0 Å². The Labute approximate surface area is 107 Å². The average molecular weight is 232 g/mol. The second kappa shape index (κ2) is 7.03. The molecule has 2 aliphatic carbocycles. The van der Waals surface area contributed by atoms with Crippen LogP contribution in [0.1, 0.15) is 71.1 Å². The van der Waals surface area contributed by atoms with Crippen LogP contribution in [-0.2, 0) is 0 Å². The normalized spacial score (nSPS) is 27.0. The third-order valence-corrected chi connectivity index (χ3v) is 4.44. The first kappa shape index (κ1) is 12.9. The van der Waals surface area contributed by atoms with E-state index in [4.69, 9.17) is 0 Å². The Morgan fingerprint density at radius 3 is 2.65 bits per heavy atom. The summed E-state index contributed by atoms with van der Waals surface area (Å²) in [6.45, 7) is 2.29. The minimum Gasteiger partial charge on any atom is -0.0882 e. The number of fused-ring (bicyclic) bond motifs is 2. The number of hydrogen-bond donors (Lipinski definition) is 0. The lowest BCUT2D eigenvalue weighted by atomic mass is 9.91. The van der Waals surface area contributed by atoms with Crippen molar-refractivity contribution in [3.63, 3.8) is 0 Å². The van der Waals surface area contributed by atoms with E-state index in [9.17, 15) is 0 Å². The fraction of sp³-hybridized carbons (Fsp3) is 0.765. The van der Waals surface area contributed by atoms with E-state index in [1.165, 1.54) is 64.2 Å². The van der Waals surface area contributed by atoms with Gasteiger partial charge in [-0.1, -0.05) is 62.8 Å². The molecule has 0 aliphatic heterocycles. The van der Waals surface area contributed by atoms with E-state index >= 15 is 0 Å². The molecule has 0 aromatic rings. The molecule has 0 spiro atoms. The molecule has 1 saturated carbocycles. The molecule has 0 aromatic carbocycles. The molecule has 2 atom stereocenters. The van der Waals surface area contributed by atoms with Crippen molar-refractivity contribution in [2.24, 2.45) is 11.8 Å². The molecule has 0 radical (unpaired) electrons. The fourth-order valence-electron chi connectivity index (χ4n) is 3.32. The van der Waals surface area contributed by atoms with Crippen molar-refractivity contribution in [1.82, 2.24) is 0 Å². The number of unbranched alkanes of at least 4 members (excludes halogenated alkanes) is 6. The summed E-state index contributed by atoms with van der Waals surface area (Å²) >= 11 is 0. The van der Waals surface area contributed by atoms with Crippen molar-refractivity contribution in [3.05, 3.63) is 23.8 Å². The Kier molecular flexibility index (Phi) is 5.35. The van der Waals surface area contributed by atoms with Gasteiger partial charge in [-0.05, 0) is 43.9 Å². The molecule has 2 aliphatic rings. The van der Waals surface area contributed by atoms with Gasteiger partial charge in [0.2, 0.25) is 0 Å². The zero-order chi connectivity index (χ0) is 11.9. The van der Waals surface area contributed by atoms with Crippen LogP contribution >= 0.6 is 0 Å². The summed E-state index contributed by atoms with van der Waals surface area (Å²) < 4.78 is 0. The van der Waals surface area contributed by atoms with Crippen molar-refractivity contribution >= 4 is 0 Å². The van der Waals surface area contributed by atoms with Crippen molar-refractivity contribution in [3.8, 4) is 0 Å². The van der Waals surface area contributed by atoms with Crippen LogP contribution in [0.2, 0.25) is 0 Å². The maximum atomic E-state index is 2.52. The van der Waals surface area contributed by atoms with Gasteiger partial charge in [0.25, 0.3) is 0 Å². The first-order chi connectivity index (χ1) is 8.40. The van der Waals surface area contributed by atoms with Gasteiger partial charge in [-0.15, -0.1) is 0 Å². The van der Waals surface area contributed by atoms with Gasteiger partial charge in [-0.25, -0.2) is 0 Å². The number of allylic oxidation sites excluding steroid dienone is 4. The molecule has 0 amide bonds. The van der Waals surface area contributed by atoms with E-state index in [-0.39, 0.29) is 0 Å². The third kappa shape index (κ3) is 4.01. The first-order valence-electron chi connectivity index (χ1n) is 7.74. The maximum Gasteiger partial charge on any atom is -0.0162 e. The molecule has 2 rings (SSSR count). The predicted molar refractivity (Wildman–Crippen MR) is 76.0 cm³/mol. The van der Waals surface area contributed by atoms with Crippen LogP contribution in [0, 0.1) is 11.8 Å². The summed E-state index contributed by atoms with van der Waals surface area (Å²) in [6, 6.07) is 0. The van der Waals surface area contributed by atoms with Crippen molar-refractivity contribution in [2.75, 3.05) is 0 Å². The summed E-state index contributed by atoms with van der Waals surface area (Å²) in [6.07, 6.45) is 21.4. The predicted octanol–water partition coefficient (Wildman–Crippen LogP) is 5.65. The van der Waals surface area contributed by atoms with Crippen LogP contribution in [0.4, 0.5) is 0 Å². The van der Waals surface area contributed by atoms with E-state index < -0.39 is 0 Å². The minimum atomic E-state index is 0.898. The summed E-state index contributed by atoms with van der Waals surface area (Å²) in [5, 5.41) is 0. The first-order valence-corrected chi connectivity index (χ1v) is 7.74. The molecule has 0 N–H and O–H groups in total. The highest BCUT2D eigenvalue weighted by molar-refractivity contribution is 5.21. The highest BCUT2D eigenvalue weighted by atomic mass is 14.4. The van der Waals surface area contributed by atoms with Crippen LogP contribution in [-0.4, -0.2) is 0 Å². The van der Waals surface area contributed by atoms with Crippen LogP contribution in [0.15, 0.2) is 23.8 Å². The highest BCUT2D eigenvalue weighted by Crippen LogP contribution is 2.44. The Hall–Kier alpha value is -0.520. The third-order valence-electron chi connectivity index (χ3n) is 4.44. The molecule has 17 heavy (non-hydrogen) atoms. The molecule has 0 heterocycles. The van der Waals surface area contributed by atoms with Crippen LogP contribution in [0.25, 0.3) is 0 Å². The number of rotatable bonds is 8. The van der Waals surface area contributed by atoms with E-state index in [1.807, 2.05) is 0 Å². The fourth-order valence-corrected chi connectivity index (χ4v) is 3.32. The maximum absolute atomic E-state index is 2.52. The summed E-state index contributed by atoms with van der Waals surface area (Å²) in [5.41, 5.74) is 1.74. The zero-order valence-electron chi connectivity index (χ0n) is 11.5. The average Bonchev–Trinajstić information content (AvgIpc) is 2.94. The van der Waals surface area contributed by atoms with Gasteiger partial charge in [-0.2, -0.15) is 0 Å². The molecule has 2 bridgehead atoms. The Bertz CT molecular complexity index is 272. The molecule has 0 saturated heterocycles. The van der Waals surface area contributed by atoms with E-state index in [0.717, 1.165) is 11.8 Å². The van der Waals surface area contributed by atoms with Crippen LogP contribution in [0.3, 0.4) is 0 Å². The Morgan fingerprint density at radius 1 is 1.12 bits per heavy atom. The monoisotopic (exact) mass is 232 g/mol. The minimum absolute atomic E-state index is 0.898. The molecule has 96 valence electrons. The van der Waals surface area contributed by atoms with Gasteiger partial charge < -0.3 is 0 Å². The van der Waals surface area contributed by atoms with E-state index in [0.29, 0.717) is 0 Å². The van der Waals surface area contributed by atoms with E-state index in [2.05, 4.69) is 25.2 Å². The highest BCUT2D eigenvalue weighted by Gasteiger charge is 2.31. The summed E-state index contributed by atoms with van der Waals surface area (Å²) in [4.78, 5) is 0. The van der Waals surface area contributed by atoms with Gasteiger partial charge in [0.15, 0.2) is 0 Å². The second-order valence-electron chi connectivity index (χ2n) is 5.91. The Balaban J connectivity index is 1.49. The molecule has 2 unspecified atom stereocenters. The topological polar surface area (TPSA) is 0 Å². The van der Waals surface area contributed by atoms with E-state index in [1.54, 1.807) is 5.57 Å². The zero-order valence-corrected chi connectivity index (χ0v) is 11.5. The smallest absolute Gasteiger partial charge is 0.0162 e. The quantitative estimate of drug-likeness (QED) is 0.375. The summed E-state index contributed by atoms with van der Waals surface area (Å²) in [7, 11) is 0. The molecular formula is C17H28. The molecular weight excluding hydrogens is 204 g/mol. The van der Waals surface area contributed by atoms with Crippen LogP contribution in [0.5, 0.6) is 0 Å². The molecule has 0 heteroatoms. The van der Waals surface area contributed by atoms with Gasteiger partial charge >= 0.3 is 0 Å². The largest absolute Gasteiger partial charge is 0.0882 e. The lowest BCUT2D eigenvalue weighted by Crippen LogP contribution is -2.03. The van der Waals surface area contributed by atoms with Crippen molar-refractivity contribution < 1.29 is 0 Å². The van der Waals surface area contributed by atoms with Crippen LogP contribution < -0.4 is 0 Å². The van der Waals surface area contributed by atoms with Crippen molar-refractivity contribution in [2.45, 2.75) is 71.1 Å². The Morgan fingerprint density at radius 2 is 1.94 bits per heavy atom. The standard InChI is InChI=1S/C17H28/c1-2-3-4-5-6-7-8-9-10-16-13-15-11-12-17(16)14-15/h9-11,16-17H,2-8,12-14H2,1H3/b10-9+. The van der Waals surface area contributed by atoms with Gasteiger partial charge in [0.05, 0.1) is 0 Å². The molecule has 1 fully saturated rings. The lowest BCUT2D eigenvalue weighted by molar-refractivity contribution is 0.465. The second-order valence-corrected chi connectivity index (χ2v) is 5.91. The molecule has 0 aromatic heterocycles. The number of hydrogen-bond acceptors (Lipinski definition) is 0. The van der Waals surface area contributed by atoms with Gasteiger partial charge in [0.1, 0.15) is 0 Å². The lowest BCUT2D eigenvalue weighted by Gasteiger charge is -2.14. The van der Waals surface area contributed by atoms with Gasteiger partial charge in [0, 0.05) is 0 Å². The van der Waals surface area contributed by atoms with Gasteiger partial charge in [-0.3, -0.25) is 0 Å². The molecule has 0 nitrogen and oxygen atoms in total. The SMILES string of the molecule is CCCCCCCC/C=C/C1CC2=CCC1C2. The summed E-state index contributed by atoms with van der Waals surface area (Å²) in [5.74, 6) is 1.88.